The molecule has 4 rings (SSSR count). The number of carbonyl (C=O) groups is 2. The summed E-state index contributed by atoms with van der Waals surface area (Å²) in [5.74, 6) is -0.968. The molecular weight excluding hydrogens is 446 g/mol. The molecular formula is C28H29NO6. The van der Waals surface area contributed by atoms with Gasteiger partial charge in [0.1, 0.15) is 12.7 Å². The highest BCUT2D eigenvalue weighted by atomic mass is 16.5. The molecule has 1 aliphatic rings. The fraction of sp³-hybridized carbons (Fsp3) is 0.286. The highest BCUT2D eigenvalue weighted by molar-refractivity contribution is 5.79. The van der Waals surface area contributed by atoms with E-state index >= 15 is 0 Å². The van der Waals surface area contributed by atoms with Gasteiger partial charge >= 0.3 is 12.1 Å². The number of benzene rings is 3. The zero-order valence-electron chi connectivity index (χ0n) is 19.3. The van der Waals surface area contributed by atoms with E-state index in [1.54, 1.807) is 24.3 Å². The van der Waals surface area contributed by atoms with Crippen molar-refractivity contribution in [2.75, 3.05) is 13.2 Å². The van der Waals surface area contributed by atoms with Crippen LogP contribution in [0.3, 0.4) is 0 Å². The first-order valence-electron chi connectivity index (χ1n) is 11.7. The van der Waals surface area contributed by atoms with Crippen LogP contribution in [0.15, 0.2) is 72.8 Å². The molecule has 2 unspecified atom stereocenters. The molecule has 3 aromatic carbocycles. The predicted octanol–water partition coefficient (Wildman–Crippen LogP) is 4.03. The van der Waals surface area contributed by atoms with Gasteiger partial charge in [-0.05, 0) is 46.2 Å². The van der Waals surface area contributed by atoms with Crippen LogP contribution in [0.25, 0.3) is 11.1 Å². The van der Waals surface area contributed by atoms with E-state index in [1.807, 2.05) is 36.4 Å². The Balaban J connectivity index is 1.28. The minimum Gasteiger partial charge on any atom is -0.481 e. The van der Waals surface area contributed by atoms with Crippen LogP contribution >= 0.6 is 0 Å². The molecule has 35 heavy (non-hydrogen) atoms. The largest absolute Gasteiger partial charge is 0.481 e. The molecule has 1 aliphatic carbocycles. The van der Waals surface area contributed by atoms with Gasteiger partial charge in [0.2, 0.25) is 0 Å². The molecule has 7 heteroatoms. The first-order valence-corrected chi connectivity index (χ1v) is 11.7. The number of rotatable bonds is 10. The summed E-state index contributed by atoms with van der Waals surface area (Å²) in [6, 6.07) is 23.1. The van der Waals surface area contributed by atoms with Gasteiger partial charge in [0.25, 0.3) is 0 Å². The fourth-order valence-corrected chi connectivity index (χ4v) is 4.63. The summed E-state index contributed by atoms with van der Waals surface area (Å²) in [5, 5.41) is 32.6. The molecule has 0 spiro atoms. The van der Waals surface area contributed by atoms with Crippen molar-refractivity contribution in [2.45, 2.75) is 37.4 Å². The summed E-state index contributed by atoms with van der Waals surface area (Å²) < 4.78 is 5.49. The van der Waals surface area contributed by atoms with E-state index in [2.05, 4.69) is 17.4 Å². The molecule has 7 nitrogen and oxygen atoms in total. The van der Waals surface area contributed by atoms with Gasteiger partial charge in [0.05, 0.1) is 6.10 Å². The molecule has 0 aliphatic heterocycles. The zero-order chi connectivity index (χ0) is 24.8. The predicted molar refractivity (Wildman–Crippen MR) is 131 cm³/mol. The van der Waals surface area contributed by atoms with E-state index < -0.39 is 24.3 Å². The molecule has 182 valence electrons. The van der Waals surface area contributed by atoms with Gasteiger partial charge < -0.3 is 25.4 Å². The maximum absolute atomic E-state index is 12.3. The van der Waals surface area contributed by atoms with Gasteiger partial charge in [-0.2, -0.15) is 0 Å². The van der Waals surface area contributed by atoms with E-state index in [9.17, 15) is 19.8 Å². The van der Waals surface area contributed by atoms with E-state index in [1.165, 1.54) is 0 Å². The second-order valence-electron chi connectivity index (χ2n) is 8.65. The lowest BCUT2D eigenvalue weighted by Gasteiger charge is -2.21. The number of alkyl carbamates (subject to hydrolysis) is 1. The third kappa shape index (κ3) is 5.70. The number of carboxylic acid groups (broad SMARTS) is 1. The third-order valence-electron chi connectivity index (χ3n) is 6.40. The topological polar surface area (TPSA) is 116 Å². The van der Waals surface area contributed by atoms with Gasteiger partial charge in [0, 0.05) is 18.9 Å². The van der Waals surface area contributed by atoms with E-state index in [0.717, 1.165) is 22.3 Å². The van der Waals surface area contributed by atoms with Crippen molar-refractivity contribution >= 4 is 12.1 Å². The average molecular weight is 476 g/mol. The van der Waals surface area contributed by atoms with Crippen LogP contribution in [-0.4, -0.2) is 46.6 Å². The summed E-state index contributed by atoms with van der Waals surface area (Å²) in [5.41, 5.74) is 5.72. The van der Waals surface area contributed by atoms with Gasteiger partial charge in [-0.15, -0.1) is 0 Å². The Morgan fingerprint density at radius 3 is 2.14 bits per heavy atom. The molecule has 0 heterocycles. The number of amides is 1. The first kappa shape index (κ1) is 24.4. The number of aliphatic carboxylic acids is 1. The van der Waals surface area contributed by atoms with Crippen LogP contribution in [0.4, 0.5) is 4.79 Å². The number of hydrogen-bond donors (Lipinski definition) is 4. The monoisotopic (exact) mass is 475 g/mol. The minimum atomic E-state index is -1.19. The molecule has 0 bridgehead atoms. The van der Waals surface area contributed by atoms with E-state index in [4.69, 9.17) is 9.84 Å². The van der Waals surface area contributed by atoms with E-state index in [-0.39, 0.29) is 38.3 Å². The third-order valence-corrected chi connectivity index (χ3v) is 6.40. The maximum atomic E-state index is 12.3. The van der Waals surface area contributed by atoms with Crippen LogP contribution in [0, 0.1) is 0 Å². The van der Waals surface area contributed by atoms with Gasteiger partial charge in [-0.1, -0.05) is 72.8 Å². The second-order valence-corrected chi connectivity index (χ2v) is 8.65. The number of hydrogen-bond acceptors (Lipinski definition) is 5. The van der Waals surface area contributed by atoms with E-state index in [0.29, 0.717) is 11.1 Å². The number of carboxylic acids is 1. The lowest BCUT2D eigenvalue weighted by atomic mass is 9.94. The Bertz CT molecular complexity index is 1150. The molecule has 3 aromatic rings. The van der Waals surface area contributed by atoms with Gasteiger partial charge in [-0.3, -0.25) is 4.79 Å². The number of carbonyl (C=O) groups excluding carboxylic acids is 1. The lowest BCUT2D eigenvalue weighted by molar-refractivity contribution is -0.136. The summed E-state index contributed by atoms with van der Waals surface area (Å²) in [6.07, 6.45) is -2.61. The number of aliphatic hydroxyl groups is 2. The van der Waals surface area contributed by atoms with Crippen molar-refractivity contribution in [1.29, 1.82) is 0 Å². The van der Waals surface area contributed by atoms with Crippen molar-refractivity contribution in [3.8, 4) is 11.1 Å². The molecule has 1 amide bonds. The molecule has 4 N–H and O–H groups in total. The highest BCUT2D eigenvalue weighted by Gasteiger charge is 2.29. The maximum Gasteiger partial charge on any atom is 0.407 e. The average Bonchev–Trinajstić information content (AvgIpc) is 3.19. The Morgan fingerprint density at radius 1 is 0.886 bits per heavy atom. The summed E-state index contributed by atoms with van der Waals surface area (Å²) >= 11 is 0. The zero-order valence-corrected chi connectivity index (χ0v) is 19.3. The quantitative estimate of drug-likeness (QED) is 0.352. The van der Waals surface area contributed by atoms with Crippen molar-refractivity contribution < 1.29 is 29.6 Å². The summed E-state index contributed by atoms with van der Waals surface area (Å²) in [4.78, 5) is 23.2. The smallest absolute Gasteiger partial charge is 0.407 e. The van der Waals surface area contributed by atoms with Crippen LogP contribution in [0.1, 0.15) is 47.1 Å². The van der Waals surface area contributed by atoms with Gasteiger partial charge in [0.15, 0.2) is 0 Å². The number of fused-ring (bicyclic) bond motifs is 3. The number of aliphatic hydroxyl groups excluding tert-OH is 2. The molecule has 0 saturated carbocycles. The van der Waals surface area contributed by atoms with Gasteiger partial charge in [-0.25, -0.2) is 4.79 Å². The molecule has 2 atom stereocenters. The molecule has 0 fully saturated rings. The highest BCUT2D eigenvalue weighted by Crippen LogP contribution is 2.44. The van der Waals surface area contributed by atoms with Crippen LogP contribution in [-0.2, 0) is 16.0 Å². The Morgan fingerprint density at radius 2 is 1.49 bits per heavy atom. The van der Waals surface area contributed by atoms with Crippen molar-refractivity contribution in [3.63, 3.8) is 0 Å². The summed E-state index contributed by atoms with van der Waals surface area (Å²) in [7, 11) is 0. The SMILES string of the molecule is O=C(O)CCc1ccccc1C(O)C(O)CCNC(=O)OCC1c2ccccc2-c2ccccc21. The van der Waals surface area contributed by atoms with Crippen LogP contribution < -0.4 is 5.32 Å². The Labute approximate surface area is 204 Å². The summed E-state index contributed by atoms with van der Waals surface area (Å²) in [6.45, 7) is 0.314. The van der Waals surface area contributed by atoms with Crippen molar-refractivity contribution in [2.24, 2.45) is 0 Å². The standard InChI is InChI=1S/C28H29NO6/c30-25(27(33)19-8-2-1-7-18(19)13-14-26(31)32)15-16-29-28(34)35-17-24-22-11-5-3-9-20(22)21-10-4-6-12-23(21)24/h1-12,24-25,27,30,33H,13-17H2,(H,29,34)(H,31,32). The minimum absolute atomic E-state index is 0.0390. The van der Waals surface area contributed by atoms with Crippen molar-refractivity contribution in [1.82, 2.24) is 5.32 Å². The van der Waals surface area contributed by atoms with Crippen molar-refractivity contribution in [3.05, 3.63) is 95.1 Å². The Kier molecular flexibility index (Phi) is 7.80. The number of ether oxygens (including phenoxy) is 1. The lowest BCUT2D eigenvalue weighted by Crippen LogP contribution is -2.31. The fourth-order valence-electron chi connectivity index (χ4n) is 4.63. The Hall–Kier alpha value is -3.68. The number of nitrogens with one attached hydrogen (secondary N) is 1. The van der Waals surface area contributed by atoms with Crippen LogP contribution in [0.5, 0.6) is 0 Å². The van der Waals surface area contributed by atoms with Crippen LogP contribution in [0.2, 0.25) is 0 Å². The molecule has 0 aromatic heterocycles. The normalized spacial score (nSPS) is 14.0. The first-order chi connectivity index (χ1) is 17.0. The molecule has 0 saturated heterocycles. The number of aryl methyl sites for hydroxylation is 1. The molecule has 0 radical (unpaired) electrons. The second kappa shape index (κ2) is 11.2.